The molecule has 1 aliphatic rings. The summed E-state index contributed by atoms with van der Waals surface area (Å²) in [5, 5.41) is 20.6. The molecular formula is C26H27F4NO5. The molecule has 0 saturated carbocycles. The van der Waals surface area contributed by atoms with Crippen LogP contribution in [-0.2, 0) is 9.53 Å². The second kappa shape index (κ2) is 12.5. The molecule has 0 aliphatic heterocycles. The van der Waals surface area contributed by atoms with Crippen LogP contribution in [0.15, 0.2) is 54.4 Å². The van der Waals surface area contributed by atoms with E-state index in [1.807, 2.05) is 0 Å². The molecule has 2 atom stereocenters. The number of carbonyl (C=O) groups is 1. The lowest BCUT2D eigenvalue weighted by Crippen LogP contribution is -2.26. The molecule has 2 aromatic carbocycles. The van der Waals surface area contributed by atoms with Gasteiger partial charge in [0, 0.05) is 18.4 Å². The van der Waals surface area contributed by atoms with Crippen molar-refractivity contribution in [2.75, 3.05) is 38.3 Å². The fraction of sp³-hybridized carbons (Fsp3) is 0.346. The van der Waals surface area contributed by atoms with Crippen molar-refractivity contribution in [3.05, 3.63) is 77.4 Å². The van der Waals surface area contributed by atoms with E-state index < -0.39 is 65.0 Å². The molecule has 0 heterocycles. The van der Waals surface area contributed by atoms with E-state index in [2.05, 4.69) is 5.32 Å². The highest BCUT2D eigenvalue weighted by atomic mass is 19.1. The number of allylic oxidation sites excluding steroid dienone is 3. The summed E-state index contributed by atoms with van der Waals surface area (Å²) in [5.74, 6) is -6.13. The van der Waals surface area contributed by atoms with Crippen molar-refractivity contribution in [3.63, 3.8) is 0 Å². The Labute approximate surface area is 205 Å². The largest absolute Gasteiger partial charge is 0.479 e. The maximum absolute atomic E-state index is 14.9. The summed E-state index contributed by atoms with van der Waals surface area (Å²) < 4.78 is 67.6. The van der Waals surface area contributed by atoms with Gasteiger partial charge in [-0.2, -0.15) is 0 Å². The third-order valence-corrected chi connectivity index (χ3v) is 5.92. The first kappa shape index (κ1) is 27.2. The van der Waals surface area contributed by atoms with Gasteiger partial charge in [-0.1, -0.05) is 25.1 Å². The molecule has 2 aromatic rings. The zero-order chi connectivity index (χ0) is 26.2. The molecule has 0 fully saturated rings. The predicted molar refractivity (Wildman–Crippen MR) is 125 cm³/mol. The standard InChI is InChI=1S/C26H27F4NO5/c1-15-19(17-3-2-4-18(27)9-17)5-6-21(28)20(15)10-31-26-22(29)7-8-23(25(26)30)35-14-24(34)36-13-16(11-32)12-33/h2-9,15-16,20,31-33H,10-14H2,1H3. The van der Waals surface area contributed by atoms with E-state index in [1.165, 1.54) is 18.2 Å². The van der Waals surface area contributed by atoms with Crippen LogP contribution >= 0.6 is 0 Å². The smallest absolute Gasteiger partial charge is 0.344 e. The van der Waals surface area contributed by atoms with Crippen LogP contribution in [0.4, 0.5) is 23.2 Å². The highest BCUT2D eigenvalue weighted by molar-refractivity contribution is 5.72. The van der Waals surface area contributed by atoms with Crippen LogP contribution in [0.25, 0.3) is 5.57 Å². The van der Waals surface area contributed by atoms with E-state index in [0.29, 0.717) is 11.1 Å². The van der Waals surface area contributed by atoms with Gasteiger partial charge in [-0.25, -0.2) is 22.4 Å². The van der Waals surface area contributed by atoms with Crippen LogP contribution in [0.1, 0.15) is 12.5 Å². The first-order valence-electron chi connectivity index (χ1n) is 11.3. The van der Waals surface area contributed by atoms with Crippen LogP contribution in [0, 0.1) is 35.2 Å². The van der Waals surface area contributed by atoms with Crippen LogP contribution in [0.2, 0.25) is 0 Å². The van der Waals surface area contributed by atoms with Crippen molar-refractivity contribution in [3.8, 4) is 5.75 Å². The fourth-order valence-electron chi connectivity index (χ4n) is 3.77. The number of rotatable bonds is 11. The molecule has 0 saturated heterocycles. The number of ether oxygens (including phenoxy) is 2. The van der Waals surface area contributed by atoms with Gasteiger partial charge in [0.2, 0.25) is 0 Å². The fourth-order valence-corrected chi connectivity index (χ4v) is 3.77. The molecule has 0 radical (unpaired) electrons. The zero-order valence-corrected chi connectivity index (χ0v) is 19.5. The van der Waals surface area contributed by atoms with Crippen molar-refractivity contribution >= 4 is 17.2 Å². The number of aliphatic hydroxyl groups is 2. The number of aliphatic hydroxyl groups excluding tert-OH is 2. The minimum Gasteiger partial charge on any atom is -0.479 e. The summed E-state index contributed by atoms with van der Waals surface area (Å²) >= 11 is 0. The monoisotopic (exact) mass is 509 g/mol. The maximum Gasteiger partial charge on any atom is 0.344 e. The number of hydrogen-bond acceptors (Lipinski definition) is 6. The van der Waals surface area contributed by atoms with E-state index in [4.69, 9.17) is 19.7 Å². The Bertz CT molecular complexity index is 1130. The maximum atomic E-state index is 14.9. The van der Waals surface area contributed by atoms with Gasteiger partial charge in [-0.05, 0) is 47.4 Å². The minimum atomic E-state index is -1.11. The first-order chi connectivity index (χ1) is 17.2. The summed E-state index contributed by atoms with van der Waals surface area (Å²) in [6.07, 6.45) is 2.81. The quantitative estimate of drug-likeness (QED) is 0.310. The van der Waals surface area contributed by atoms with Gasteiger partial charge in [-0.3, -0.25) is 0 Å². The summed E-state index contributed by atoms with van der Waals surface area (Å²) in [7, 11) is 0. The molecule has 194 valence electrons. The number of benzene rings is 2. The van der Waals surface area contributed by atoms with Crippen LogP contribution in [-0.4, -0.2) is 49.2 Å². The Morgan fingerprint density at radius 1 is 1.08 bits per heavy atom. The Balaban J connectivity index is 1.66. The van der Waals surface area contributed by atoms with Crippen molar-refractivity contribution < 1.29 is 42.0 Å². The number of anilines is 1. The van der Waals surface area contributed by atoms with E-state index >= 15 is 0 Å². The van der Waals surface area contributed by atoms with Gasteiger partial charge in [-0.15, -0.1) is 0 Å². The molecular weight excluding hydrogens is 482 g/mol. The Hall–Kier alpha value is -3.37. The molecule has 3 rings (SSSR count). The average molecular weight is 509 g/mol. The van der Waals surface area contributed by atoms with Crippen LogP contribution in [0.5, 0.6) is 5.75 Å². The summed E-state index contributed by atoms with van der Waals surface area (Å²) in [4.78, 5) is 11.8. The Morgan fingerprint density at radius 2 is 1.83 bits per heavy atom. The molecule has 10 heteroatoms. The van der Waals surface area contributed by atoms with Crippen LogP contribution in [0.3, 0.4) is 0 Å². The second-order valence-corrected chi connectivity index (χ2v) is 8.40. The molecule has 1 aliphatic carbocycles. The third kappa shape index (κ3) is 6.64. The van der Waals surface area contributed by atoms with E-state index in [9.17, 15) is 22.4 Å². The van der Waals surface area contributed by atoms with Crippen molar-refractivity contribution in [1.82, 2.24) is 0 Å². The Kier molecular flexibility index (Phi) is 9.49. The van der Waals surface area contributed by atoms with Gasteiger partial charge in [0.05, 0.1) is 19.8 Å². The average Bonchev–Trinajstić information content (AvgIpc) is 2.85. The van der Waals surface area contributed by atoms with Gasteiger partial charge in [0.15, 0.2) is 18.2 Å². The van der Waals surface area contributed by atoms with Gasteiger partial charge in [0.25, 0.3) is 0 Å². The third-order valence-electron chi connectivity index (χ3n) is 5.92. The predicted octanol–water partition coefficient (Wildman–Crippen LogP) is 4.24. The highest BCUT2D eigenvalue weighted by Gasteiger charge is 2.29. The summed E-state index contributed by atoms with van der Waals surface area (Å²) in [6, 6.07) is 7.82. The lowest BCUT2D eigenvalue weighted by atomic mass is 9.79. The molecule has 6 nitrogen and oxygen atoms in total. The number of esters is 1. The van der Waals surface area contributed by atoms with Crippen molar-refractivity contribution in [1.29, 1.82) is 0 Å². The van der Waals surface area contributed by atoms with Crippen LogP contribution < -0.4 is 10.1 Å². The SMILES string of the molecule is CC1C(c2cccc(F)c2)=CC=C(F)C1CNc1c(F)ccc(OCC(=O)OCC(CO)CO)c1F. The first-order valence-corrected chi connectivity index (χ1v) is 11.3. The zero-order valence-electron chi connectivity index (χ0n) is 19.5. The van der Waals surface area contributed by atoms with Gasteiger partial charge >= 0.3 is 5.97 Å². The number of halogens is 4. The molecule has 0 spiro atoms. The Morgan fingerprint density at radius 3 is 2.53 bits per heavy atom. The van der Waals surface area contributed by atoms with Gasteiger partial charge in [0.1, 0.15) is 23.1 Å². The second-order valence-electron chi connectivity index (χ2n) is 8.40. The topological polar surface area (TPSA) is 88.0 Å². The summed E-state index contributed by atoms with van der Waals surface area (Å²) in [6.45, 7) is -0.143. The molecule has 0 amide bonds. The number of hydrogen-bond donors (Lipinski definition) is 3. The molecule has 3 N–H and O–H groups in total. The van der Waals surface area contributed by atoms with Crippen molar-refractivity contribution in [2.24, 2.45) is 17.8 Å². The molecule has 0 aromatic heterocycles. The summed E-state index contributed by atoms with van der Waals surface area (Å²) in [5.41, 5.74) is 0.715. The van der Waals surface area contributed by atoms with Gasteiger partial charge < -0.3 is 25.0 Å². The molecule has 36 heavy (non-hydrogen) atoms. The van der Waals surface area contributed by atoms with E-state index in [0.717, 1.165) is 12.1 Å². The van der Waals surface area contributed by atoms with Crippen molar-refractivity contribution in [2.45, 2.75) is 6.92 Å². The number of carbonyl (C=O) groups excluding carboxylic acids is 1. The lowest BCUT2D eigenvalue weighted by Gasteiger charge is -2.29. The molecule has 0 bridgehead atoms. The van der Waals surface area contributed by atoms with E-state index in [1.54, 1.807) is 25.1 Å². The molecule has 2 unspecified atom stereocenters. The lowest BCUT2D eigenvalue weighted by molar-refractivity contribution is -0.148. The minimum absolute atomic E-state index is 0.167. The van der Waals surface area contributed by atoms with E-state index in [-0.39, 0.29) is 26.4 Å². The number of nitrogens with one attached hydrogen (secondary N) is 1. The highest BCUT2D eigenvalue weighted by Crippen LogP contribution is 2.38. The normalized spacial score (nSPS) is 17.4.